The Kier molecular flexibility index (Phi) is 9.85. The third-order valence-corrected chi connectivity index (χ3v) is 5.30. The van der Waals surface area contributed by atoms with E-state index in [0.717, 1.165) is 24.5 Å². The predicted molar refractivity (Wildman–Crippen MR) is 117 cm³/mol. The summed E-state index contributed by atoms with van der Waals surface area (Å²) in [5.41, 5.74) is 2.57. The number of nitrogens with zero attached hydrogens (tertiary/aromatic N) is 3. The van der Waals surface area contributed by atoms with Gasteiger partial charge in [0.25, 0.3) is 0 Å². The van der Waals surface area contributed by atoms with Crippen LogP contribution < -0.4 is 0 Å². The van der Waals surface area contributed by atoms with Gasteiger partial charge in [-0.1, -0.05) is 74.8 Å². The second-order valence-electron chi connectivity index (χ2n) is 6.82. The highest BCUT2D eigenvalue weighted by Crippen LogP contribution is 2.14. The molecule has 1 aliphatic heterocycles. The molecule has 27 heavy (non-hydrogen) atoms. The zero-order valence-electron chi connectivity index (χ0n) is 17.1. The van der Waals surface area contributed by atoms with Crippen LogP contribution in [0.25, 0.3) is 0 Å². The number of hydrazine groups is 1. The molecular formula is C23H34ClN3. The fourth-order valence-corrected chi connectivity index (χ4v) is 3.65. The third-order valence-electron chi connectivity index (χ3n) is 5.07. The molecule has 3 nitrogen and oxygen atoms in total. The molecular weight excluding hydrogens is 354 g/mol. The monoisotopic (exact) mass is 387 g/mol. The molecule has 0 spiro atoms. The number of halogens is 1. The summed E-state index contributed by atoms with van der Waals surface area (Å²) in [4.78, 5) is 2.51. The second-order valence-corrected chi connectivity index (χ2v) is 7.26. The van der Waals surface area contributed by atoms with E-state index in [-0.39, 0.29) is 0 Å². The van der Waals surface area contributed by atoms with Crippen molar-refractivity contribution in [3.8, 4) is 0 Å². The maximum atomic E-state index is 5.91. The van der Waals surface area contributed by atoms with Crippen molar-refractivity contribution in [1.82, 2.24) is 14.9 Å². The van der Waals surface area contributed by atoms with E-state index < -0.39 is 0 Å². The minimum Gasteiger partial charge on any atom is -0.301 e. The summed E-state index contributed by atoms with van der Waals surface area (Å²) < 4.78 is 0. The molecule has 0 aliphatic carbocycles. The van der Waals surface area contributed by atoms with Gasteiger partial charge < -0.3 is 4.90 Å². The molecule has 0 radical (unpaired) electrons. The molecule has 1 aliphatic rings. The van der Waals surface area contributed by atoms with E-state index in [1.54, 1.807) is 0 Å². The van der Waals surface area contributed by atoms with Crippen LogP contribution in [-0.2, 0) is 6.42 Å². The minimum absolute atomic E-state index is 0.804. The van der Waals surface area contributed by atoms with Crippen molar-refractivity contribution in [3.63, 3.8) is 0 Å². The van der Waals surface area contributed by atoms with Gasteiger partial charge in [0.2, 0.25) is 0 Å². The van der Waals surface area contributed by atoms with Gasteiger partial charge >= 0.3 is 0 Å². The van der Waals surface area contributed by atoms with Gasteiger partial charge in [0.15, 0.2) is 0 Å². The normalized spacial score (nSPS) is 15.4. The van der Waals surface area contributed by atoms with E-state index in [1.807, 2.05) is 24.3 Å². The first-order valence-corrected chi connectivity index (χ1v) is 10.5. The van der Waals surface area contributed by atoms with Crippen molar-refractivity contribution >= 4 is 11.6 Å². The largest absolute Gasteiger partial charge is 0.301 e. The lowest BCUT2D eigenvalue weighted by molar-refractivity contribution is -0.0494. The number of rotatable bonds is 6. The number of hydrogen-bond acceptors (Lipinski definition) is 3. The summed E-state index contributed by atoms with van der Waals surface area (Å²) >= 11 is 5.91. The van der Waals surface area contributed by atoms with Crippen molar-refractivity contribution < 1.29 is 0 Å². The lowest BCUT2D eigenvalue weighted by Gasteiger charge is -2.40. The Labute approximate surface area is 170 Å². The topological polar surface area (TPSA) is 9.72 Å². The average Bonchev–Trinajstić information content (AvgIpc) is 2.71. The van der Waals surface area contributed by atoms with Gasteiger partial charge in [-0.15, -0.1) is 0 Å². The maximum absolute atomic E-state index is 5.91. The summed E-state index contributed by atoms with van der Waals surface area (Å²) in [6.45, 7) is 15.1. The molecule has 0 amide bonds. The minimum atomic E-state index is 0.804. The molecule has 0 unspecified atom stereocenters. The molecule has 0 N–H and O–H groups in total. The highest BCUT2D eigenvalue weighted by Gasteiger charge is 2.18. The Balaban J connectivity index is 0.000000194. The lowest BCUT2D eigenvalue weighted by Crippen LogP contribution is -2.53. The van der Waals surface area contributed by atoms with Gasteiger partial charge in [-0.05, 0) is 36.2 Å². The molecule has 1 heterocycles. The van der Waals surface area contributed by atoms with Crippen LogP contribution in [0.1, 0.15) is 31.9 Å². The molecule has 2 aromatic carbocycles. The Hall–Kier alpha value is -1.39. The van der Waals surface area contributed by atoms with E-state index in [9.17, 15) is 0 Å². The fraction of sp³-hybridized carbons (Fsp3) is 0.478. The van der Waals surface area contributed by atoms with Crippen molar-refractivity contribution in [2.24, 2.45) is 0 Å². The Morgan fingerprint density at radius 1 is 0.815 bits per heavy atom. The maximum Gasteiger partial charge on any atom is 0.0408 e. The molecule has 0 bridgehead atoms. The number of likely N-dealkylation sites (N-methyl/N-ethyl adjacent to an activating group) is 1. The van der Waals surface area contributed by atoms with E-state index >= 15 is 0 Å². The molecule has 4 heteroatoms. The second kappa shape index (κ2) is 12.1. The molecule has 0 aromatic heterocycles. The molecule has 0 saturated carbocycles. The van der Waals surface area contributed by atoms with E-state index in [2.05, 4.69) is 66.0 Å². The molecule has 1 fully saturated rings. The quantitative estimate of drug-likeness (QED) is 0.704. The standard InChI is InChI=1S/C13H11Cl.C10H23N3/c14-13-8-4-7-12(10-13)9-11-5-2-1-3-6-11;1-4-11-7-9-13(10-8-11)12(5-2)6-3/h1-8,10H,9H2;4-10H2,1-3H3. The first kappa shape index (κ1) is 21.9. The predicted octanol–water partition coefficient (Wildman–Crippen LogP) is 4.81. The molecule has 0 atom stereocenters. The highest BCUT2D eigenvalue weighted by molar-refractivity contribution is 6.30. The van der Waals surface area contributed by atoms with Crippen molar-refractivity contribution in [1.29, 1.82) is 0 Å². The Morgan fingerprint density at radius 3 is 2.00 bits per heavy atom. The first-order valence-electron chi connectivity index (χ1n) is 10.2. The zero-order chi connectivity index (χ0) is 19.5. The van der Waals surface area contributed by atoms with Gasteiger partial charge in [-0.2, -0.15) is 0 Å². The van der Waals surface area contributed by atoms with E-state index in [1.165, 1.54) is 43.9 Å². The molecule has 1 saturated heterocycles. The van der Waals surface area contributed by atoms with E-state index in [4.69, 9.17) is 11.6 Å². The first-order chi connectivity index (χ1) is 13.2. The number of hydrogen-bond donors (Lipinski definition) is 0. The van der Waals surface area contributed by atoms with Crippen molar-refractivity contribution in [2.45, 2.75) is 27.2 Å². The van der Waals surface area contributed by atoms with Crippen molar-refractivity contribution in [2.75, 3.05) is 45.8 Å². The van der Waals surface area contributed by atoms with Crippen LogP contribution in [-0.4, -0.2) is 60.7 Å². The van der Waals surface area contributed by atoms with Crippen LogP contribution in [0.4, 0.5) is 0 Å². The van der Waals surface area contributed by atoms with Crippen LogP contribution >= 0.6 is 11.6 Å². The summed E-state index contributed by atoms with van der Waals surface area (Å²) in [6, 6.07) is 18.4. The van der Waals surface area contributed by atoms with Crippen molar-refractivity contribution in [3.05, 3.63) is 70.7 Å². The third kappa shape index (κ3) is 7.63. The number of benzene rings is 2. The molecule has 2 aromatic rings. The van der Waals surface area contributed by atoms with Gasteiger partial charge in [-0.3, -0.25) is 0 Å². The number of piperazine rings is 1. The van der Waals surface area contributed by atoms with Crippen LogP contribution in [0, 0.1) is 0 Å². The smallest absolute Gasteiger partial charge is 0.0408 e. The lowest BCUT2D eigenvalue weighted by atomic mass is 10.1. The zero-order valence-corrected chi connectivity index (χ0v) is 17.8. The summed E-state index contributed by atoms with van der Waals surface area (Å²) in [5.74, 6) is 0. The van der Waals surface area contributed by atoms with Gasteiger partial charge in [0, 0.05) is 44.3 Å². The van der Waals surface area contributed by atoms with Gasteiger partial charge in [-0.25, -0.2) is 10.0 Å². The Bertz CT molecular complexity index is 635. The van der Waals surface area contributed by atoms with Crippen LogP contribution in [0.5, 0.6) is 0 Å². The molecule has 3 rings (SSSR count). The average molecular weight is 388 g/mol. The van der Waals surface area contributed by atoms with Gasteiger partial charge in [0.05, 0.1) is 0 Å². The van der Waals surface area contributed by atoms with E-state index in [0.29, 0.717) is 0 Å². The molecule has 148 valence electrons. The summed E-state index contributed by atoms with van der Waals surface area (Å²) in [6.07, 6.45) is 0.946. The Morgan fingerprint density at radius 2 is 1.44 bits per heavy atom. The summed E-state index contributed by atoms with van der Waals surface area (Å²) in [5, 5.41) is 5.73. The summed E-state index contributed by atoms with van der Waals surface area (Å²) in [7, 11) is 0. The van der Waals surface area contributed by atoms with Gasteiger partial charge in [0.1, 0.15) is 0 Å². The van der Waals surface area contributed by atoms with Crippen LogP contribution in [0.3, 0.4) is 0 Å². The van der Waals surface area contributed by atoms with Crippen LogP contribution in [0.15, 0.2) is 54.6 Å². The fourth-order valence-electron chi connectivity index (χ4n) is 3.44. The SMILES string of the molecule is CCN1CCN(N(CC)CC)CC1.Clc1cccc(Cc2ccccc2)c1. The highest BCUT2D eigenvalue weighted by atomic mass is 35.5. The van der Waals surface area contributed by atoms with Crippen LogP contribution in [0.2, 0.25) is 5.02 Å².